The molecular formula is C22H31NO2. The molecule has 0 N–H and O–H groups in total. The minimum absolute atomic E-state index is 0.315. The molecule has 136 valence electrons. The molecule has 3 nitrogen and oxygen atoms in total. The summed E-state index contributed by atoms with van der Waals surface area (Å²) in [7, 11) is 0. The van der Waals surface area contributed by atoms with E-state index >= 15 is 0 Å². The second kappa shape index (κ2) is 9.26. The third kappa shape index (κ3) is 8.94. The molecule has 0 fully saturated rings. The van der Waals surface area contributed by atoms with Crippen molar-refractivity contribution in [2.24, 2.45) is 0 Å². The Morgan fingerprint density at radius 2 is 1.76 bits per heavy atom. The Morgan fingerprint density at radius 3 is 2.28 bits per heavy atom. The number of rotatable bonds is 7. The second-order valence-corrected chi connectivity index (χ2v) is 7.48. The first kappa shape index (κ1) is 20.8. The average Bonchev–Trinajstić information content (AvgIpc) is 2.49. The summed E-state index contributed by atoms with van der Waals surface area (Å²) in [6.45, 7) is 18.5. The van der Waals surface area contributed by atoms with Crippen LogP contribution in [-0.4, -0.2) is 29.7 Å². The third-order valence-corrected chi connectivity index (χ3v) is 3.44. The lowest BCUT2D eigenvalue weighted by Crippen LogP contribution is -2.39. The molecule has 0 unspecified atom stereocenters. The number of benzene rings is 1. The van der Waals surface area contributed by atoms with Crippen LogP contribution in [-0.2, 0) is 11.2 Å². The van der Waals surface area contributed by atoms with E-state index in [9.17, 15) is 4.79 Å². The zero-order chi connectivity index (χ0) is 19.0. The summed E-state index contributed by atoms with van der Waals surface area (Å²) in [6, 6.07) is 8.36. The quantitative estimate of drug-likeness (QED) is 0.616. The van der Waals surface area contributed by atoms with Crippen molar-refractivity contribution in [2.75, 3.05) is 13.1 Å². The van der Waals surface area contributed by atoms with Crippen LogP contribution in [0.4, 0.5) is 4.79 Å². The van der Waals surface area contributed by atoms with Gasteiger partial charge in [0, 0.05) is 13.1 Å². The first-order valence-electron chi connectivity index (χ1n) is 8.61. The van der Waals surface area contributed by atoms with Crippen molar-refractivity contribution in [1.82, 2.24) is 4.90 Å². The molecule has 0 saturated heterocycles. The molecule has 0 saturated carbocycles. The SMILES string of the molecule is C=C(C)/C=C\C(=C)CN(CCc1ccc(C)cc1)C(=O)OC(C)(C)C. The molecule has 0 bridgehead atoms. The second-order valence-electron chi connectivity index (χ2n) is 7.48. The molecule has 0 aliphatic rings. The largest absolute Gasteiger partial charge is 0.444 e. The molecule has 1 aromatic carbocycles. The summed E-state index contributed by atoms with van der Waals surface area (Å²) >= 11 is 0. The highest BCUT2D eigenvalue weighted by Crippen LogP contribution is 2.13. The molecule has 0 aliphatic heterocycles. The highest BCUT2D eigenvalue weighted by atomic mass is 16.6. The van der Waals surface area contributed by atoms with Gasteiger partial charge in [0.15, 0.2) is 0 Å². The molecule has 0 atom stereocenters. The minimum Gasteiger partial charge on any atom is -0.444 e. The van der Waals surface area contributed by atoms with Gasteiger partial charge in [-0.1, -0.05) is 60.7 Å². The molecular weight excluding hydrogens is 310 g/mol. The smallest absolute Gasteiger partial charge is 0.410 e. The normalized spacial score (nSPS) is 11.4. The maximum atomic E-state index is 12.5. The summed E-state index contributed by atoms with van der Waals surface area (Å²) in [5, 5.41) is 0. The Hall–Kier alpha value is -2.29. The summed E-state index contributed by atoms with van der Waals surface area (Å²) in [4.78, 5) is 14.2. The van der Waals surface area contributed by atoms with Crippen LogP contribution in [0.5, 0.6) is 0 Å². The minimum atomic E-state index is -0.520. The number of aryl methyl sites for hydroxylation is 1. The number of carbonyl (C=O) groups excluding carboxylic acids is 1. The Balaban J connectivity index is 2.79. The lowest BCUT2D eigenvalue weighted by Gasteiger charge is -2.27. The van der Waals surface area contributed by atoms with Crippen molar-refractivity contribution in [2.45, 2.75) is 46.6 Å². The topological polar surface area (TPSA) is 29.5 Å². The van der Waals surface area contributed by atoms with Gasteiger partial charge >= 0.3 is 6.09 Å². The first-order valence-corrected chi connectivity index (χ1v) is 8.61. The van der Waals surface area contributed by atoms with Gasteiger partial charge in [0.25, 0.3) is 0 Å². The lowest BCUT2D eigenvalue weighted by atomic mass is 10.1. The van der Waals surface area contributed by atoms with Crippen molar-refractivity contribution >= 4 is 6.09 Å². The van der Waals surface area contributed by atoms with Crippen LogP contribution in [0.1, 0.15) is 38.8 Å². The first-order chi connectivity index (χ1) is 11.6. The van der Waals surface area contributed by atoms with Crippen LogP contribution in [0.25, 0.3) is 0 Å². The van der Waals surface area contributed by atoms with E-state index in [1.807, 2.05) is 39.8 Å². The van der Waals surface area contributed by atoms with Gasteiger partial charge < -0.3 is 9.64 Å². The summed E-state index contributed by atoms with van der Waals surface area (Å²) < 4.78 is 5.54. The van der Waals surface area contributed by atoms with E-state index in [0.29, 0.717) is 13.1 Å². The Bertz CT molecular complexity index is 633. The highest BCUT2D eigenvalue weighted by molar-refractivity contribution is 5.68. The number of carbonyl (C=O) groups is 1. The van der Waals surface area contributed by atoms with Gasteiger partial charge in [-0.2, -0.15) is 0 Å². The molecule has 25 heavy (non-hydrogen) atoms. The van der Waals surface area contributed by atoms with Gasteiger partial charge in [0.05, 0.1) is 0 Å². The van der Waals surface area contributed by atoms with Crippen LogP contribution in [0.2, 0.25) is 0 Å². The zero-order valence-corrected chi connectivity index (χ0v) is 16.3. The van der Waals surface area contributed by atoms with Gasteiger partial charge in [-0.15, -0.1) is 0 Å². The third-order valence-electron chi connectivity index (χ3n) is 3.44. The Kier molecular flexibility index (Phi) is 7.69. The molecule has 0 radical (unpaired) electrons. The molecule has 0 aliphatic carbocycles. The zero-order valence-electron chi connectivity index (χ0n) is 16.3. The predicted molar refractivity (Wildman–Crippen MR) is 106 cm³/mol. The number of nitrogens with zero attached hydrogens (tertiary/aromatic N) is 1. The van der Waals surface area contributed by atoms with E-state index in [4.69, 9.17) is 4.74 Å². The van der Waals surface area contributed by atoms with Crippen LogP contribution in [0.15, 0.2) is 60.7 Å². The van der Waals surface area contributed by atoms with Crippen molar-refractivity contribution in [3.63, 3.8) is 0 Å². The van der Waals surface area contributed by atoms with Crippen LogP contribution < -0.4 is 0 Å². The molecule has 1 amide bonds. The number of ether oxygens (including phenoxy) is 1. The van der Waals surface area contributed by atoms with Gasteiger partial charge in [-0.25, -0.2) is 4.79 Å². The van der Waals surface area contributed by atoms with Crippen molar-refractivity contribution in [3.05, 3.63) is 71.8 Å². The standard InChI is InChI=1S/C22H31NO2/c1-17(2)8-9-19(4)16-23(21(24)25-22(5,6)7)15-14-20-12-10-18(3)11-13-20/h8-13H,1,4,14-16H2,2-3,5-7H3/b9-8-. The molecule has 1 rings (SSSR count). The van der Waals surface area contributed by atoms with E-state index in [1.54, 1.807) is 4.90 Å². The maximum absolute atomic E-state index is 12.5. The van der Waals surface area contributed by atoms with Gasteiger partial charge in [0.1, 0.15) is 5.60 Å². The predicted octanol–water partition coefficient (Wildman–Crippen LogP) is 5.46. The lowest BCUT2D eigenvalue weighted by molar-refractivity contribution is 0.0270. The molecule has 0 heterocycles. The Labute approximate surface area is 152 Å². The molecule has 0 aromatic heterocycles. The Morgan fingerprint density at radius 1 is 1.16 bits per heavy atom. The van der Waals surface area contributed by atoms with E-state index < -0.39 is 5.60 Å². The fourth-order valence-electron chi connectivity index (χ4n) is 2.14. The van der Waals surface area contributed by atoms with Gasteiger partial charge in [-0.05, 0) is 52.2 Å². The summed E-state index contributed by atoms with van der Waals surface area (Å²) in [5.41, 5.74) is 3.70. The number of allylic oxidation sites excluding steroid dienone is 2. The van der Waals surface area contributed by atoms with E-state index in [-0.39, 0.29) is 6.09 Å². The van der Waals surface area contributed by atoms with Gasteiger partial charge in [-0.3, -0.25) is 0 Å². The number of hydrogen-bond donors (Lipinski definition) is 0. The van der Waals surface area contributed by atoms with Crippen molar-refractivity contribution in [1.29, 1.82) is 0 Å². The highest BCUT2D eigenvalue weighted by Gasteiger charge is 2.22. The monoisotopic (exact) mass is 341 g/mol. The molecule has 0 spiro atoms. The van der Waals surface area contributed by atoms with E-state index in [0.717, 1.165) is 17.6 Å². The van der Waals surface area contributed by atoms with Crippen LogP contribution in [0.3, 0.4) is 0 Å². The van der Waals surface area contributed by atoms with Crippen LogP contribution in [0, 0.1) is 6.92 Å². The summed E-state index contributed by atoms with van der Waals surface area (Å²) in [5.74, 6) is 0. The molecule has 3 heteroatoms. The van der Waals surface area contributed by atoms with E-state index in [2.05, 4.69) is 44.3 Å². The molecule has 1 aromatic rings. The van der Waals surface area contributed by atoms with E-state index in [1.165, 1.54) is 11.1 Å². The summed E-state index contributed by atoms with van der Waals surface area (Å²) in [6.07, 6.45) is 4.25. The fraction of sp³-hybridized carbons (Fsp3) is 0.409. The number of hydrogen-bond acceptors (Lipinski definition) is 2. The van der Waals surface area contributed by atoms with Gasteiger partial charge in [0.2, 0.25) is 0 Å². The fourth-order valence-corrected chi connectivity index (χ4v) is 2.14. The number of amides is 1. The maximum Gasteiger partial charge on any atom is 0.410 e. The van der Waals surface area contributed by atoms with Crippen molar-refractivity contribution < 1.29 is 9.53 Å². The van der Waals surface area contributed by atoms with Crippen molar-refractivity contribution in [3.8, 4) is 0 Å². The average molecular weight is 341 g/mol. The van der Waals surface area contributed by atoms with Crippen LogP contribution >= 0.6 is 0 Å².